The summed E-state index contributed by atoms with van der Waals surface area (Å²) in [5.41, 5.74) is 3.83. The van der Waals surface area contributed by atoms with Crippen LogP contribution < -0.4 is 5.56 Å². The Kier molecular flexibility index (Phi) is 4.07. The van der Waals surface area contributed by atoms with Crippen LogP contribution in [0.4, 0.5) is 0 Å². The largest absolute Gasteiger partial charge is 0.268 e. The van der Waals surface area contributed by atoms with Crippen LogP contribution in [0.25, 0.3) is 11.3 Å². The summed E-state index contributed by atoms with van der Waals surface area (Å²) >= 11 is 5.88. The van der Waals surface area contributed by atoms with Gasteiger partial charge in [0.05, 0.1) is 12.2 Å². The van der Waals surface area contributed by atoms with Gasteiger partial charge < -0.3 is 0 Å². The molecule has 0 atom stereocenters. The second-order valence-corrected chi connectivity index (χ2v) is 5.59. The highest BCUT2D eigenvalue weighted by molar-refractivity contribution is 6.30. The maximum absolute atomic E-state index is 12.0. The van der Waals surface area contributed by atoms with Gasteiger partial charge >= 0.3 is 0 Å². The average molecular weight is 311 g/mol. The zero-order valence-electron chi connectivity index (χ0n) is 12.2. The lowest BCUT2D eigenvalue weighted by Gasteiger charge is -2.09. The van der Waals surface area contributed by atoms with Crippen molar-refractivity contribution in [2.24, 2.45) is 0 Å². The van der Waals surface area contributed by atoms with Gasteiger partial charge in [0.15, 0.2) is 0 Å². The Labute approximate surface area is 133 Å². The highest BCUT2D eigenvalue weighted by Gasteiger charge is 2.06. The number of hydrogen-bond acceptors (Lipinski definition) is 2. The van der Waals surface area contributed by atoms with Gasteiger partial charge in [-0.25, -0.2) is 4.68 Å². The molecule has 3 nitrogen and oxygen atoms in total. The summed E-state index contributed by atoms with van der Waals surface area (Å²) in [5, 5.41) is 5.17. The molecule has 0 amide bonds. The molecule has 3 rings (SSSR count). The first-order chi connectivity index (χ1) is 10.6. The summed E-state index contributed by atoms with van der Waals surface area (Å²) in [5.74, 6) is 0. The minimum absolute atomic E-state index is 0.118. The van der Waals surface area contributed by atoms with Crippen molar-refractivity contribution >= 4 is 11.6 Å². The molecule has 0 radical (unpaired) electrons. The number of hydrogen-bond donors (Lipinski definition) is 0. The number of aromatic nitrogens is 2. The fourth-order valence-corrected chi connectivity index (χ4v) is 2.45. The van der Waals surface area contributed by atoms with Gasteiger partial charge in [-0.1, -0.05) is 48.0 Å². The molecule has 22 heavy (non-hydrogen) atoms. The quantitative estimate of drug-likeness (QED) is 0.735. The van der Waals surface area contributed by atoms with Gasteiger partial charge in [-0.2, -0.15) is 5.10 Å². The lowest BCUT2D eigenvalue weighted by atomic mass is 10.1. The molecular weight excluding hydrogens is 296 g/mol. The molecule has 4 heteroatoms. The maximum atomic E-state index is 12.0. The van der Waals surface area contributed by atoms with E-state index in [2.05, 4.69) is 5.10 Å². The first-order valence-electron chi connectivity index (χ1n) is 7.02. The number of halogens is 1. The van der Waals surface area contributed by atoms with Crippen molar-refractivity contribution in [2.45, 2.75) is 13.5 Å². The van der Waals surface area contributed by atoms with Gasteiger partial charge in [-0.3, -0.25) is 4.79 Å². The van der Waals surface area contributed by atoms with Crippen LogP contribution in [0.15, 0.2) is 65.5 Å². The molecule has 3 aromatic rings. The minimum atomic E-state index is -0.118. The Bertz CT molecular complexity index is 853. The first-order valence-corrected chi connectivity index (χ1v) is 7.40. The third kappa shape index (κ3) is 3.10. The molecule has 0 N–H and O–H groups in total. The summed E-state index contributed by atoms with van der Waals surface area (Å²) in [6, 6.07) is 18.8. The summed E-state index contributed by atoms with van der Waals surface area (Å²) in [4.78, 5) is 12.0. The molecule has 0 aliphatic rings. The summed E-state index contributed by atoms with van der Waals surface area (Å²) in [7, 11) is 0. The van der Waals surface area contributed by atoms with Crippen LogP contribution in [0.2, 0.25) is 5.02 Å². The van der Waals surface area contributed by atoms with E-state index in [4.69, 9.17) is 11.6 Å². The molecule has 0 unspecified atom stereocenters. The monoisotopic (exact) mass is 310 g/mol. The third-order valence-corrected chi connectivity index (χ3v) is 3.79. The van der Waals surface area contributed by atoms with Crippen molar-refractivity contribution in [2.75, 3.05) is 0 Å². The van der Waals surface area contributed by atoms with Crippen LogP contribution in [-0.4, -0.2) is 9.78 Å². The van der Waals surface area contributed by atoms with Crippen LogP contribution in [0, 0.1) is 6.92 Å². The standard InChI is InChI=1S/C18H15ClN2O/c1-13-4-2-3-5-16(13)17-10-11-18(22)21(20-17)12-14-6-8-15(19)9-7-14/h2-11H,12H2,1H3. The summed E-state index contributed by atoms with van der Waals surface area (Å²) < 4.78 is 1.48. The van der Waals surface area contributed by atoms with Gasteiger partial charge in [0.25, 0.3) is 5.56 Å². The van der Waals surface area contributed by atoms with E-state index in [0.717, 1.165) is 22.4 Å². The van der Waals surface area contributed by atoms with E-state index in [1.165, 1.54) is 4.68 Å². The van der Waals surface area contributed by atoms with Crippen LogP contribution in [0.5, 0.6) is 0 Å². The van der Waals surface area contributed by atoms with Gasteiger partial charge in [0.2, 0.25) is 0 Å². The fourth-order valence-electron chi connectivity index (χ4n) is 2.33. The van der Waals surface area contributed by atoms with Crippen molar-refractivity contribution in [3.8, 4) is 11.3 Å². The predicted molar refractivity (Wildman–Crippen MR) is 89.2 cm³/mol. The first kappa shape index (κ1) is 14.5. The van der Waals surface area contributed by atoms with Crippen molar-refractivity contribution < 1.29 is 0 Å². The van der Waals surface area contributed by atoms with Crippen LogP contribution in [-0.2, 0) is 6.54 Å². The number of benzene rings is 2. The molecule has 0 aliphatic heterocycles. The highest BCUT2D eigenvalue weighted by atomic mass is 35.5. The Morgan fingerprint density at radius 3 is 2.45 bits per heavy atom. The zero-order chi connectivity index (χ0) is 15.5. The molecule has 0 saturated carbocycles. The van der Waals surface area contributed by atoms with E-state index in [1.807, 2.05) is 55.5 Å². The smallest absolute Gasteiger partial charge is 0.267 e. The number of rotatable bonds is 3. The molecule has 1 heterocycles. The molecule has 110 valence electrons. The molecule has 0 saturated heterocycles. The molecule has 0 fully saturated rings. The lowest BCUT2D eigenvalue weighted by molar-refractivity contribution is 0.642. The maximum Gasteiger partial charge on any atom is 0.267 e. The molecule has 0 bridgehead atoms. The lowest BCUT2D eigenvalue weighted by Crippen LogP contribution is -2.22. The van der Waals surface area contributed by atoms with Crippen molar-refractivity contribution in [3.05, 3.63) is 87.2 Å². The van der Waals surface area contributed by atoms with Crippen molar-refractivity contribution in [3.63, 3.8) is 0 Å². The van der Waals surface area contributed by atoms with Crippen LogP contribution in [0.3, 0.4) is 0 Å². The Morgan fingerprint density at radius 2 is 1.73 bits per heavy atom. The molecule has 1 aromatic heterocycles. The van der Waals surface area contributed by atoms with Crippen molar-refractivity contribution in [1.29, 1.82) is 0 Å². The number of nitrogens with zero attached hydrogens (tertiary/aromatic N) is 2. The van der Waals surface area contributed by atoms with Crippen molar-refractivity contribution in [1.82, 2.24) is 9.78 Å². The van der Waals surface area contributed by atoms with E-state index in [1.54, 1.807) is 12.1 Å². The topological polar surface area (TPSA) is 34.9 Å². The second kappa shape index (κ2) is 6.16. The van der Waals surface area contributed by atoms with E-state index in [9.17, 15) is 4.79 Å². The number of aryl methyl sites for hydroxylation is 1. The Balaban J connectivity index is 1.98. The van der Waals surface area contributed by atoms with E-state index in [0.29, 0.717) is 11.6 Å². The second-order valence-electron chi connectivity index (χ2n) is 5.16. The van der Waals surface area contributed by atoms with Crippen LogP contribution in [0.1, 0.15) is 11.1 Å². The SMILES string of the molecule is Cc1ccccc1-c1ccc(=O)n(Cc2ccc(Cl)cc2)n1. The van der Waals surface area contributed by atoms with Gasteiger partial charge in [-0.05, 0) is 36.2 Å². The minimum Gasteiger partial charge on any atom is -0.268 e. The van der Waals surface area contributed by atoms with E-state index >= 15 is 0 Å². The van der Waals surface area contributed by atoms with Gasteiger partial charge in [0.1, 0.15) is 0 Å². The predicted octanol–water partition coefficient (Wildman–Crippen LogP) is 3.92. The van der Waals surface area contributed by atoms with E-state index < -0.39 is 0 Å². The highest BCUT2D eigenvalue weighted by Crippen LogP contribution is 2.19. The van der Waals surface area contributed by atoms with Gasteiger partial charge in [-0.15, -0.1) is 0 Å². The van der Waals surface area contributed by atoms with Gasteiger partial charge in [0, 0.05) is 16.7 Å². The van der Waals surface area contributed by atoms with Crippen LogP contribution >= 0.6 is 11.6 Å². The molecular formula is C18H15ClN2O. The third-order valence-electron chi connectivity index (χ3n) is 3.53. The zero-order valence-corrected chi connectivity index (χ0v) is 12.9. The average Bonchev–Trinajstić information content (AvgIpc) is 2.52. The molecule has 0 spiro atoms. The van der Waals surface area contributed by atoms with E-state index in [-0.39, 0.29) is 5.56 Å². The Morgan fingerprint density at radius 1 is 1.00 bits per heavy atom. The summed E-state index contributed by atoms with van der Waals surface area (Å²) in [6.07, 6.45) is 0. The summed E-state index contributed by atoms with van der Waals surface area (Å²) in [6.45, 7) is 2.46. The molecule has 0 aliphatic carbocycles. The Hall–Kier alpha value is -2.39. The normalized spacial score (nSPS) is 10.6. The molecule has 2 aromatic carbocycles. The fraction of sp³-hybridized carbons (Fsp3) is 0.111.